The smallest absolute Gasteiger partial charge is 0.410 e. The third kappa shape index (κ3) is 11.0. The van der Waals surface area contributed by atoms with Gasteiger partial charge in [-0.15, -0.1) is 0 Å². The van der Waals surface area contributed by atoms with Crippen LogP contribution in [-0.4, -0.2) is 113 Å². The van der Waals surface area contributed by atoms with Crippen molar-refractivity contribution in [3.05, 3.63) is 23.8 Å². The molecule has 45 heavy (non-hydrogen) atoms. The van der Waals surface area contributed by atoms with Crippen LogP contribution in [-0.2, 0) is 23.9 Å². The molecule has 2 aliphatic rings. The van der Waals surface area contributed by atoms with E-state index in [1.165, 1.54) is 4.90 Å². The molecule has 2 heterocycles. The first-order valence-corrected chi connectivity index (χ1v) is 16.0. The Morgan fingerprint density at radius 3 is 2.38 bits per heavy atom. The van der Waals surface area contributed by atoms with E-state index < -0.39 is 11.6 Å². The molecule has 248 valence electrons. The van der Waals surface area contributed by atoms with Crippen molar-refractivity contribution in [3.8, 4) is 11.8 Å². The van der Waals surface area contributed by atoms with Gasteiger partial charge in [-0.05, 0) is 70.9 Å². The Morgan fingerprint density at radius 1 is 1.09 bits per heavy atom. The van der Waals surface area contributed by atoms with Crippen LogP contribution in [0.3, 0.4) is 0 Å². The Labute approximate surface area is 268 Å². The van der Waals surface area contributed by atoms with Crippen molar-refractivity contribution in [2.75, 3.05) is 70.3 Å². The fraction of sp³-hybridized carbons (Fsp3) is 0.647. The van der Waals surface area contributed by atoms with Crippen molar-refractivity contribution in [3.63, 3.8) is 0 Å². The number of aldehydes is 1. The highest BCUT2D eigenvalue weighted by Gasteiger charge is 2.29. The normalized spacial score (nSPS) is 17.1. The van der Waals surface area contributed by atoms with E-state index in [1.54, 1.807) is 26.0 Å². The van der Waals surface area contributed by atoms with Gasteiger partial charge in [0.2, 0.25) is 12.3 Å². The van der Waals surface area contributed by atoms with Crippen LogP contribution in [0.1, 0.15) is 64.9 Å². The van der Waals surface area contributed by atoms with Gasteiger partial charge in [0, 0.05) is 60.3 Å². The molecule has 1 atom stereocenters. The average Bonchev–Trinajstić information content (AvgIpc) is 3.02. The molecule has 1 aromatic carbocycles. The first kappa shape index (κ1) is 35.9. The molecular weight excluding hydrogens is 574 g/mol. The molecule has 1 aromatic rings. The zero-order valence-electron chi connectivity index (χ0n) is 27.8. The number of rotatable bonds is 12. The van der Waals surface area contributed by atoms with E-state index in [9.17, 15) is 19.2 Å². The number of nitrogens with one attached hydrogen (secondary N) is 1. The minimum Gasteiger partial charge on any atom is -0.444 e. The fourth-order valence-corrected chi connectivity index (χ4v) is 5.81. The molecule has 1 N–H and O–H groups in total. The Kier molecular flexibility index (Phi) is 13.7. The predicted octanol–water partition coefficient (Wildman–Crippen LogP) is 3.29. The third-order valence-corrected chi connectivity index (χ3v) is 8.44. The predicted molar refractivity (Wildman–Crippen MR) is 175 cm³/mol. The molecule has 3 rings (SSSR count). The number of nitrogens with zero attached hydrogens (tertiary/aromatic N) is 4. The number of benzene rings is 1. The zero-order chi connectivity index (χ0) is 33.0. The molecular formula is C34H51N5O6. The maximum absolute atomic E-state index is 12.4. The molecule has 3 amide bonds. The lowest BCUT2D eigenvalue weighted by Gasteiger charge is -2.37. The van der Waals surface area contributed by atoms with E-state index in [2.05, 4.69) is 22.1 Å². The lowest BCUT2D eigenvalue weighted by atomic mass is 9.95. The number of carbonyl (C=O) groups excluding carboxylic acids is 4. The van der Waals surface area contributed by atoms with Gasteiger partial charge in [0.05, 0.1) is 29.1 Å². The number of hydrogen-bond donors (Lipinski definition) is 1. The van der Waals surface area contributed by atoms with Crippen molar-refractivity contribution in [2.24, 2.45) is 5.92 Å². The summed E-state index contributed by atoms with van der Waals surface area (Å²) in [6.45, 7) is 10.5. The molecule has 0 saturated carbocycles. The van der Waals surface area contributed by atoms with Gasteiger partial charge in [0.15, 0.2) is 0 Å². The molecule has 2 fully saturated rings. The number of anilines is 2. The highest BCUT2D eigenvalue weighted by atomic mass is 16.6. The van der Waals surface area contributed by atoms with Gasteiger partial charge in [-0.1, -0.05) is 17.9 Å². The van der Waals surface area contributed by atoms with Gasteiger partial charge < -0.3 is 39.2 Å². The van der Waals surface area contributed by atoms with Crippen molar-refractivity contribution in [1.82, 2.24) is 15.1 Å². The number of amides is 3. The Balaban J connectivity index is 1.50. The van der Waals surface area contributed by atoms with E-state index >= 15 is 0 Å². The summed E-state index contributed by atoms with van der Waals surface area (Å²) in [5, 5.41) is 2.58. The molecule has 1 unspecified atom stereocenters. The quantitative estimate of drug-likeness (QED) is 0.278. The van der Waals surface area contributed by atoms with Crippen molar-refractivity contribution < 1.29 is 28.7 Å². The second kappa shape index (κ2) is 17.2. The molecule has 0 bridgehead atoms. The summed E-state index contributed by atoms with van der Waals surface area (Å²) in [6, 6.07) is 4.99. The largest absolute Gasteiger partial charge is 0.444 e. The van der Waals surface area contributed by atoms with E-state index in [0.29, 0.717) is 35.7 Å². The summed E-state index contributed by atoms with van der Waals surface area (Å²) in [4.78, 5) is 55.3. The lowest BCUT2D eigenvalue weighted by Crippen LogP contribution is -2.45. The van der Waals surface area contributed by atoms with Crippen LogP contribution < -0.4 is 15.1 Å². The van der Waals surface area contributed by atoms with Gasteiger partial charge in [-0.25, -0.2) is 4.79 Å². The van der Waals surface area contributed by atoms with E-state index in [-0.39, 0.29) is 31.1 Å². The number of likely N-dealkylation sites (tertiary alicyclic amines) is 2. The molecule has 0 aromatic heterocycles. The van der Waals surface area contributed by atoms with E-state index in [1.807, 2.05) is 43.9 Å². The Bertz CT molecular complexity index is 1210. The van der Waals surface area contributed by atoms with Crippen LogP contribution in [0.5, 0.6) is 0 Å². The van der Waals surface area contributed by atoms with Gasteiger partial charge >= 0.3 is 6.09 Å². The van der Waals surface area contributed by atoms with Crippen LogP contribution in [0.15, 0.2) is 18.2 Å². The van der Waals surface area contributed by atoms with Crippen LogP contribution in [0.4, 0.5) is 16.2 Å². The van der Waals surface area contributed by atoms with Crippen LogP contribution in [0.25, 0.3) is 0 Å². The van der Waals surface area contributed by atoms with E-state index in [4.69, 9.17) is 9.47 Å². The van der Waals surface area contributed by atoms with Gasteiger partial charge in [0.1, 0.15) is 18.5 Å². The Hall–Kier alpha value is -3.62. The minimum absolute atomic E-state index is 0.136. The molecule has 11 nitrogen and oxygen atoms in total. The number of para-hydroxylation sites is 1. The first-order valence-electron chi connectivity index (χ1n) is 16.0. The standard InChI is InChI=1S/C34H51N5O6/c1-34(2,3)45-33(43)39-20-14-26(15-21-39)23-38-18-16-29(17-19-38)44-22-8-10-27-9-7-11-30(32(27)36(5)25-41)37(6)28(24-40)12-13-31(42)35-4/h7,9,11,24-26,28-29H,12-23H2,1-6H3,(H,35,42). The molecule has 0 radical (unpaired) electrons. The second-order valence-corrected chi connectivity index (χ2v) is 12.9. The van der Waals surface area contributed by atoms with Crippen LogP contribution in [0, 0.1) is 17.8 Å². The second-order valence-electron chi connectivity index (χ2n) is 12.9. The van der Waals surface area contributed by atoms with Gasteiger partial charge in [-0.2, -0.15) is 0 Å². The number of ether oxygens (including phenoxy) is 2. The van der Waals surface area contributed by atoms with Crippen LogP contribution >= 0.6 is 0 Å². The topological polar surface area (TPSA) is 112 Å². The highest BCUT2D eigenvalue weighted by molar-refractivity contribution is 5.89. The number of hydrogen-bond acceptors (Lipinski definition) is 8. The van der Waals surface area contributed by atoms with Crippen molar-refractivity contribution in [1.29, 1.82) is 0 Å². The number of piperidine rings is 2. The molecule has 2 saturated heterocycles. The summed E-state index contributed by atoms with van der Waals surface area (Å²) in [7, 11) is 5.00. The average molecular weight is 626 g/mol. The third-order valence-electron chi connectivity index (χ3n) is 8.44. The fourth-order valence-electron chi connectivity index (χ4n) is 5.81. The Morgan fingerprint density at radius 2 is 1.78 bits per heavy atom. The summed E-state index contributed by atoms with van der Waals surface area (Å²) in [6.07, 6.45) is 5.91. The summed E-state index contributed by atoms with van der Waals surface area (Å²) >= 11 is 0. The molecule has 11 heteroatoms. The molecule has 2 aliphatic heterocycles. The number of likely N-dealkylation sites (N-methyl/N-ethyl adjacent to an activating group) is 1. The first-order chi connectivity index (χ1) is 21.4. The highest BCUT2D eigenvalue weighted by Crippen LogP contribution is 2.32. The van der Waals surface area contributed by atoms with Crippen molar-refractivity contribution >= 4 is 36.1 Å². The van der Waals surface area contributed by atoms with Crippen molar-refractivity contribution in [2.45, 2.75) is 77.0 Å². The summed E-state index contributed by atoms with van der Waals surface area (Å²) in [5.74, 6) is 6.73. The minimum atomic E-state index is -0.538. The molecule has 0 aliphatic carbocycles. The molecule has 0 spiro atoms. The van der Waals surface area contributed by atoms with Crippen LogP contribution in [0.2, 0.25) is 0 Å². The van der Waals surface area contributed by atoms with Gasteiger partial charge in [0.25, 0.3) is 0 Å². The summed E-state index contributed by atoms with van der Waals surface area (Å²) < 4.78 is 11.6. The monoisotopic (exact) mass is 625 g/mol. The maximum Gasteiger partial charge on any atom is 0.410 e. The lowest BCUT2D eigenvalue weighted by molar-refractivity contribution is -0.120. The SMILES string of the molecule is CNC(=O)CCC(C=O)N(C)c1cccc(C#CCOC2CCN(CC3CCN(C(=O)OC(C)(C)C)CC3)CC2)c1N(C)C=O. The van der Waals surface area contributed by atoms with E-state index in [0.717, 1.165) is 64.7 Å². The number of carbonyl (C=O) groups is 4. The zero-order valence-corrected chi connectivity index (χ0v) is 27.8. The van der Waals surface area contributed by atoms with Gasteiger partial charge in [-0.3, -0.25) is 9.59 Å². The maximum atomic E-state index is 12.4. The summed E-state index contributed by atoms with van der Waals surface area (Å²) in [5.41, 5.74) is 1.46.